The van der Waals surface area contributed by atoms with Crippen LogP contribution in [0.4, 0.5) is 10.1 Å². The van der Waals surface area contributed by atoms with E-state index in [-0.39, 0.29) is 5.82 Å². The second-order valence-electron chi connectivity index (χ2n) is 3.70. The van der Waals surface area contributed by atoms with Gasteiger partial charge in [-0.1, -0.05) is 23.7 Å². The fourth-order valence-corrected chi connectivity index (χ4v) is 2.32. The van der Waals surface area contributed by atoms with Crippen LogP contribution in [-0.2, 0) is 6.54 Å². The van der Waals surface area contributed by atoms with Crippen LogP contribution in [0.5, 0.6) is 0 Å². The maximum absolute atomic E-state index is 13.3. The molecule has 0 radical (unpaired) electrons. The van der Waals surface area contributed by atoms with Gasteiger partial charge in [0.2, 0.25) is 0 Å². The monoisotopic (exact) mass is 391 g/mol. The standard InChI is InChI=1S/C13H9Br2ClFN/c14-10-5-4-9(6-11(10)16)18-7-8-2-1-3-12(17)13(8)15/h1-6,18H,7H2. The van der Waals surface area contributed by atoms with Crippen LogP contribution in [0.15, 0.2) is 45.3 Å². The lowest BCUT2D eigenvalue weighted by Gasteiger charge is -2.09. The molecule has 5 heteroatoms. The predicted molar refractivity (Wildman–Crippen MR) is 80.6 cm³/mol. The minimum atomic E-state index is -0.261. The molecule has 0 aromatic heterocycles. The van der Waals surface area contributed by atoms with Gasteiger partial charge in [0.1, 0.15) is 5.82 Å². The van der Waals surface area contributed by atoms with Crippen LogP contribution in [0, 0.1) is 5.82 Å². The molecule has 0 aliphatic heterocycles. The summed E-state index contributed by atoms with van der Waals surface area (Å²) in [6.07, 6.45) is 0. The SMILES string of the molecule is Fc1cccc(CNc2ccc(Br)c(Cl)c2)c1Br. The first kappa shape index (κ1) is 13.8. The van der Waals surface area contributed by atoms with Crippen molar-refractivity contribution in [3.05, 3.63) is 61.7 Å². The van der Waals surface area contributed by atoms with Gasteiger partial charge in [0.25, 0.3) is 0 Å². The molecule has 94 valence electrons. The van der Waals surface area contributed by atoms with Crippen molar-refractivity contribution in [2.24, 2.45) is 0 Å². The zero-order chi connectivity index (χ0) is 13.1. The van der Waals surface area contributed by atoms with Crippen LogP contribution in [0.1, 0.15) is 5.56 Å². The third-order valence-corrected chi connectivity index (χ3v) is 4.55. The summed E-state index contributed by atoms with van der Waals surface area (Å²) in [6, 6.07) is 10.6. The van der Waals surface area contributed by atoms with Crippen LogP contribution in [0.3, 0.4) is 0 Å². The largest absolute Gasteiger partial charge is 0.381 e. The molecule has 0 amide bonds. The van der Waals surface area contributed by atoms with Crippen LogP contribution in [-0.4, -0.2) is 0 Å². The molecule has 0 atom stereocenters. The Morgan fingerprint density at radius 1 is 1.17 bits per heavy atom. The van der Waals surface area contributed by atoms with Crippen LogP contribution in [0.2, 0.25) is 5.02 Å². The van der Waals surface area contributed by atoms with Gasteiger partial charge in [-0.15, -0.1) is 0 Å². The molecule has 2 rings (SSSR count). The molecule has 1 N–H and O–H groups in total. The van der Waals surface area contributed by atoms with Gasteiger partial charge in [0.15, 0.2) is 0 Å². The number of hydrogen-bond donors (Lipinski definition) is 1. The lowest BCUT2D eigenvalue weighted by Crippen LogP contribution is -2.01. The van der Waals surface area contributed by atoms with E-state index in [9.17, 15) is 4.39 Å². The minimum Gasteiger partial charge on any atom is -0.381 e. The lowest BCUT2D eigenvalue weighted by atomic mass is 10.2. The van der Waals surface area contributed by atoms with E-state index in [1.54, 1.807) is 6.07 Å². The average Bonchev–Trinajstić information content (AvgIpc) is 2.35. The van der Waals surface area contributed by atoms with E-state index in [1.165, 1.54) is 6.07 Å². The van der Waals surface area contributed by atoms with Crippen molar-refractivity contribution in [2.75, 3.05) is 5.32 Å². The van der Waals surface area contributed by atoms with Gasteiger partial charge >= 0.3 is 0 Å². The first-order chi connectivity index (χ1) is 8.58. The number of benzene rings is 2. The molecule has 0 heterocycles. The minimum absolute atomic E-state index is 0.261. The number of nitrogens with one attached hydrogen (secondary N) is 1. The van der Waals surface area contributed by atoms with E-state index >= 15 is 0 Å². The van der Waals surface area contributed by atoms with Crippen molar-refractivity contribution < 1.29 is 4.39 Å². The summed E-state index contributed by atoms with van der Waals surface area (Å²) in [5.41, 5.74) is 1.74. The predicted octanol–water partition coefficient (Wildman–Crippen LogP) is 5.62. The Kier molecular flexibility index (Phi) is 4.65. The van der Waals surface area contributed by atoms with Crippen molar-refractivity contribution in [1.82, 2.24) is 0 Å². The Bertz CT molecular complexity index is 575. The smallest absolute Gasteiger partial charge is 0.137 e. The van der Waals surface area contributed by atoms with Gasteiger partial charge in [0, 0.05) is 16.7 Å². The summed E-state index contributed by atoms with van der Waals surface area (Å²) in [6.45, 7) is 0.524. The van der Waals surface area contributed by atoms with E-state index in [4.69, 9.17) is 11.6 Å². The fraction of sp³-hybridized carbons (Fsp3) is 0.0769. The number of hydrogen-bond acceptors (Lipinski definition) is 1. The highest BCUT2D eigenvalue weighted by Gasteiger charge is 2.05. The first-order valence-electron chi connectivity index (χ1n) is 5.20. The van der Waals surface area contributed by atoms with Crippen molar-refractivity contribution in [2.45, 2.75) is 6.54 Å². The van der Waals surface area contributed by atoms with Gasteiger partial charge in [-0.05, 0) is 61.7 Å². The molecule has 1 nitrogen and oxygen atoms in total. The summed E-state index contributed by atoms with van der Waals surface area (Å²) in [5, 5.41) is 3.83. The molecule has 0 unspecified atom stereocenters. The van der Waals surface area contributed by atoms with Crippen molar-refractivity contribution in [1.29, 1.82) is 0 Å². The maximum atomic E-state index is 13.3. The van der Waals surface area contributed by atoms with Crippen LogP contribution in [0.25, 0.3) is 0 Å². The van der Waals surface area contributed by atoms with Crippen LogP contribution >= 0.6 is 43.5 Å². The molecule has 2 aromatic rings. The Balaban J connectivity index is 2.11. The topological polar surface area (TPSA) is 12.0 Å². The van der Waals surface area contributed by atoms with E-state index < -0.39 is 0 Å². The summed E-state index contributed by atoms with van der Waals surface area (Å²) in [4.78, 5) is 0. The summed E-state index contributed by atoms with van der Waals surface area (Å²) < 4.78 is 14.7. The van der Waals surface area contributed by atoms with Gasteiger partial charge < -0.3 is 5.32 Å². The van der Waals surface area contributed by atoms with Gasteiger partial charge in [-0.2, -0.15) is 0 Å². The molecule has 18 heavy (non-hydrogen) atoms. The Morgan fingerprint density at radius 3 is 2.67 bits per heavy atom. The zero-order valence-corrected chi connectivity index (χ0v) is 13.1. The molecule has 0 saturated carbocycles. The summed E-state index contributed by atoms with van der Waals surface area (Å²) >= 11 is 12.6. The first-order valence-corrected chi connectivity index (χ1v) is 7.16. The van der Waals surface area contributed by atoms with E-state index in [0.29, 0.717) is 16.0 Å². The van der Waals surface area contributed by atoms with Crippen molar-refractivity contribution in [3.63, 3.8) is 0 Å². The Labute approximate surface area is 127 Å². The van der Waals surface area contributed by atoms with Crippen LogP contribution < -0.4 is 5.32 Å². The third-order valence-electron chi connectivity index (χ3n) is 2.43. The molecule has 0 bridgehead atoms. The highest BCUT2D eigenvalue weighted by atomic mass is 79.9. The quantitative estimate of drug-likeness (QED) is 0.714. The van der Waals surface area contributed by atoms with Crippen molar-refractivity contribution in [3.8, 4) is 0 Å². The molecule has 0 saturated heterocycles. The maximum Gasteiger partial charge on any atom is 0.137 e. The normalized spacial score (nSPS) is 10.4. The zero-order valence-electron chi connectivity index (χ0n) is 9.18. The lowest BCUT2D eigenvalue weighted by molar-refractivity contribution is 0.618. The van der Waals surface area contributed by atoms with Crippen molar-refractivity contribution >= 4 is 49.1 Å². The average molecular weight is 393 g/mol. The highest BCUT2D eigenvalue weighted by Crippen LogP contribution is 2.26. The number of anilines is 1. The molecule has 2 aromatic carbocycles. The Morgan fingerprint density at radius 2 is 1.94 bits per heavy atom. The second-order valence-corrected chi connectivity index (χ2v) is 5.75. The molecule has 0 aliphatic carbocycles. The van der Waals surface area contributed by atoms with Gasteiger partial charge in [0.05, 0.1) is 9.50 Å². The molecule has 0 spiro atoms. The number of rotatable bonds is 3. The van der Waals surface area contributed by atoms with Gasteiger partial charge in [-0.3, -0.25) is 0 Å². The molecule has 0 fully saturated rings. The molecule has 0 aliphatic rings. The van der Waals surface area contributed by atoms with E-state index in [0.717, 1.165) is 15.7 Å². The summed E-state index contributed by atoms with van der Waals surface area (Å²) in [5.74, 6) is -0.261. The molecular formula is C13H9Br2ClFN. The van der Waals surface area contributed by atoms with Gasteiger partial charge in [-0.25, -0.2) is 4.39 Å². The Hall–Kier alpha value is -0.580. The number of halogens is 4. The fourth-order valence-electron chi connectivity index (χ4n) is 1.49. The van der Waals surface area contributed by atoms with E-state index in [1.807, 2.05) is 24.3 Å². The van der Waals surface area contributed by atoms with E-state index in [2.05, 4.69) is 37.2 Å². The molecular weight excluding hydrogens is 384 g/mol. The second kappa shape index (κ2) is 6.04. The highest BCUT2D eigenvalue weighted by molar-refractivity contribution is 9.10. The summed E-state index contributed by atoms with van der Waals surface area (Å²) in [7, 11) is 0. The third kappa shape index (κ3) is 3.25.